The van der Waals surface area contributed by atoms with Crippen LogP contribution in [-0.4, -0.2) is 44.5 Å². The van der Waals surface area contributed by atoms with Crippen LogP contribution in [0.1, 0.15) is 43.5 Å². The van der Waals surface area contributed by atoms with Crippen LogP contribution in [0.15, 0.2) is 18.2 Å². The number of nitrogens with zero attached hydrogens (tertiary/aromatic N) is 1. The minimum Gasteiger partial charge on any atom is -0.493 e. The van der Waals surface area contributed by atoms with Gasteiger partial charge in [-0.15, -0.1) is 0 Å². The van der Waals surface area contributed by atoms with Crippen molar-refractivity contribution in [3.05, 3.63) is 23.8 Å². The summed E-state index contributed by atoms with van der Waals surface area (Å²) in [6.07, 6.45) is 4.26. The Balaban J connectivity index is 1.74. The zero-order valence-electron chi connectivity index (χ0n) is 14.6. The lowest BCUT2D eigenvalue weighted by atomic mass is 9.92. The van der Waals surface area contributed by atoms with Gasteiger partial charge in [-0.05, 0) is 49.8 Å². The van der Waals surface area contributed by atoms with Gasteiger partial charge in [0.1, 0.15) is 0 Å². The van der Waals surface area contributed by atoms with Crippen molar-refractivity contribution < 1.29 is 14.3 Å². The molecule has 1 saturated heterocycles. The van der Waals surface area contributed by atoms with Crippen molar-refractivity contribution in [2.45, 2.75) is 33.1 Å². The van der Waals surface area contributed by atoms with E-state index in [1.54, 1.807) is 19.2 Å². The van der Waals surface area contributed by atoms with Crippen molar-refractivity contribution in [1.82, 2.24) is 4.90 Å². The van der Waals surface area contributed by atoms with E-state index in [1.807, 2.05) is 6.07 Å². The smallest absolute Gasteiger partial charge is 0.171 e. The fourth-order valence-corrected chi connectivity index (χ4v) is 3.53. The monoisotopic (exact) mass is 319 g/mol. The van der Waals surface area contributed by atoms with E-state index in [9.17, 15) is 4.79 Å². The SMILES string of the molecule is COc1cccc(C=O)c1OCCCCN1C[C@H](C)C[C@@H](C)C1. The van der Waals surface area contributed by atoms with Crippen LogP contribution in [0.3, 0.4) is 0 Å². The highest BCUT2D eigenvalue weighted by atomic mass is 16.5. The summed E-state index contributed by atoms with van der Waals surface area (Å²) >= 11 is 0. The van der Waals surface area contributed by atoms with Crippen molar-refractivity contribution in [2.24, 2.45) is 11.8 Å². The molecule has 2 atom stereocenters. The first kappa shape index (κ1) is 17.8. The Bertz CT molecular complexity index is 493. The number of rotatable bonds is 8. The highest BCUT2D eigenvalue weighted by molar-refractivity contribution is 5.81. The van der Waals surface area contributed by atoms with E-state index in [0.717, 1.165) is 37.5 Å². The number of piperidine rings is 1. The molecule has 128 valence electrons. The average Bonchev–Trinajstić information content (AvgIpc) is 2.53. The topological polar surface area (TPSA) is 38.8 Å². The largest absolute Gasteiger partial charge is 0.493 e. The Kier molecular flexibility index (Phi) is 6.90. The lowest BCUT2D eigenvalue weighted by Gasteiger charge is -2.34. The molecule has 1 fully saturated rings. The van der Waals surface area contributed by atoms with E-state index in [2.05, 4.69) is 18.7 Å². The van der Waals surface area contributed by atoms with Gasteiger partial charge in [0.25, 0.3) is 0 Å². The molecule has 1 aliphatic heterocycles. The van der Waals surface area contributed by atoms with Crippen LogP contribution in [0, 0.1) is 11.8 Å². The predicted molar refractivity (Wildman–Crippen MR) is 92.5 cm³/mol. The second kappa shape index (κ2) is 8.92. The van der Waals surface area contributed by atoms with Crippen molar-refractivity contribution in [3.8, 4) is 11.5 Å². The molecule has 1 aromatic carbocycles. The number of aldehydes is 1. The number of para-hydroxylation sites is 1. The van der Waals surface area contributed by atoms with Crippen molar-refractivity contribution in [3.63, 3.8) is 0 Å². The van der Waals surface area contributed by atoms with Gasteiger partial charge in [0.05, 0.1) is 19.3 Å². The molecule has 23 heavy (non-hydrogen) atoms. The molecule has 1 aliphatic rings. The van der Waals surface area contributed by atoms with Gasteiger partial charge < -0.3 is 14.4 Å². The summed E-state index contributed by atoms with van der Waals surface area (Å²) < 4.78 is 11.1. The maximum absolute atomic E-state index is 11.1. The summed E-state index contributed by atoms with van der Waals surface area (Å²) in [5, 5.41) is 0. The van der Waals surface area contributed by atoms with E-state index in [1.165, 1.54) is 19.5 Å². The molecule has 1 heterocycles. The number of ether oxygens (including phenoxy) is 2. The summed E-state index contributed by atoms with van der Waals surface area (Å²) in [4.78, 5) is 13.7. The third kappa shape index (κ3) is 5.24. The van der Waals surface area contributed by atoms with E-state index >= 15 is 0 Å². The van der Waals surface area contributed by atoms with E-state index < -0.39 is 0 Å². The molecule has 4 heteroatoms. The van der Waals surface area contributed by atoms with Crippen molar-refractivity contribution >= 4 is 6.29 Å². The van der Waals surface area contributed by atoms with E-state index in [0.29, 0.717) is 23.7 Å². The van der Waals surface area contributed by atoms with Crippen LogP contribution in [0.2, 0.25) is 0 Å². The summed E-state index contributed by atoms with van der Waals surface area (Å²) in [6, 6.07) is 5.37. The number of benzene rings is 1. The van der Waals surface area contributed by atoms with Crippen molar-refractivity contribution in [2.75, 3.05) is 33.4 Å². The van der Waals surface area contributed by atoms with Crippen LogP contribution < -0.4 is 9.47 Å². The third-order valence-electron chi connectivity index (χ3n) is 4.42. The van der Waals surface area contributed by atoms with Gasteiger partial charge in [0, 0.05) is 13.1 Å². The highest BCUT2D eigenvalue weighted by Crippen LogP contribution is 2.30. The van der Waals surface area contributed by atoms with Gasteiger partial charge in [0.15, 0.2) is 17.8 Å². The van der Waals surface area contributed by atoms with E-state index in [-0.39, 0.29) is 0 Å². The Morgan fingerprint density at radius 2 is 1.96 bits per heavy atom. The fourth-order valence-electron chi connectivity index (χ4n) is 3.53. The first-order valence-corrected chi connectivity index (χ1v) is 8.61. The van der Waals surface area contributed by atoms with Gasteiger partial charge in [-0.2, -0.15) is 0 Å². The fraction of sp³-hybridized carbons (Fsp3) is 0.632. The van der Waals surface area contributed by atoms with Crippen molar-refractivity contribution in [1.29, 1.82) is 0 Å². The molecule has 0 aromatic heterocycles. The average molecular weight is 319 g/mol. The molecule has 1 aromatic rings. The van der Waals surface area contributed by atoms with E-state index in [4.69, 9.17) is 9.47 Å². The number of likely N-dealkylation sites (tertiary alicyclic amines) is 1. The van der Waals surface area contributed by atoms with Gasteiger partial charge in [-0.3, -0.25) is 4.79 Å². The normalized spacial score (nSPS) is 21.9. The Morgan fingerprint density at radius 1 is 1.22 bits per heavy atom. The minimum atomic E-state index is 0.544. The Labute approximate surface area is 139 Å². The lowest BCUT2D eigenvalue weighted by Crippen LogP contribution is -2.39. The molecule has 0 N–H and O–H groups in total. The summed E-state index contributed by atoms with van der Waals surface area (Å²) in [7, 11) is 1.59. The standard InChI is InChI=1S/C19H29NO3/c1-15-11-16(2)13-20(12-15)9-4-5-10-23-19-17(14-21)7-6-8-18(19)22-3/h6-8,14-16H,4-5,9-13H2,1-3H3/t15-,16-/m1/s1. The van der Waals surface area contributed by atoms with Crippen LogP contribution >= 0.6 is 0 Å². The van der Waals surface area contributed by atoms with Crippen LogP contribution in [-0.2, 0) is 0 Å². The van der Waals surface area contributed by atoms with Gasteiger partial charge >= 0.3 is 0 Å². The molecule has 2 rings (SSSR count). The summed E-state index contributed by atoms with van der Waals surface area (Å²) in [5.41, 5.74) is 0.544. The number of methoxy groups -OCH3 is 1. The van der Waals surface area contributed by atoms with Crippen LogP contribution in [0.4, 0.5) is 0 Å². The number of unbranched alkanes of at least 4 members (excludes halogenated alkanes) is 1. The maximum Gasteiger partial charge on any atom is 0.171 e. The predicted octanol–water partition coefficient (Wildman–Crippen LogP) is 3.64. The molecule has 0 saturated carbocycles. The molecule has 0 amide bonds. The van der Waals surface area contributed by atoms with Crippen LogP contribution in [0.5, 0.6) is 11.5 Å². The molecule has 0 spiro atoms. The quantitative estimate of drug-likeness (QED) is 0.541. The lowest BCUT2D eigenvalue weighted by molar-refractivity contribution is 0.111. The second-order valence-corrected chi connectivity index (χ2v) is 6.76. The molecule has 0 radical (unpaired) electrons. The second-order valence-electron chi connectivity index (χ2n) is 6.76. The molecule has 0 unspecified atom stereocenters. The zero-order valence-corrected chi connectivity index (χ0v) is 14.6. The Morgan fingerprint density at radius 3 is 2.61 bits per heavy atom. The highest BCUT2D eigenvalue weighted by Gasteiger charge is 2.21. The third-order valence-corrected chi connectivity index (χ3v) is 4.42. The first-order chi connectivity index (χ1) is 11.1. The van der Waals surface area contributed by atoms with Crippen LogP contribution in [0.25, 0.3) is 0 Å². The minimum absolute atomic E-state index is 0.544. The number of hydrogen-bond acceptors (Lipinski definition) is 4. The zero-order chi connectivity index (χ0) is 16.7. The first-order valence-electron chi connectivity index (χ1n) is 8.61. The number of carbonyl (C=O) groups excluding carboxylic acids is 1. The Hall–Kier alpha value is -1.55. The molecule has 0 aliphatic carbocycles. The van der Waals surface area contributed by atoms with Gasteiger partial charge in [-0.1, -0.05) is 19.9 Å². The molecule has 4 nitrogen and oxygen atoms in total. The maximum atomic E-state index is 11.1. The molecular weight excluding hydrogens is 290 g/mol. The number of hydrogen-bond donors (Lipinski definition) is 0. The summed E-state index contributed by atoms with van der Waals surface area (Å²) in [6.45, 7) is 8.85. The van der Waals surface area contributed by atoms with Gasteiger partial charge in [-0.25, -0.2) is 0 Å². The number of carbonyl (C=O) groups is 1. The summed E-state index contributed by atoms with van der Waals surface area (Å²) in [5.74, 6) is 2.79. The molecular formula is C19H29NO3. The van der Waals surface area contributed by atoms with Gasteiger partial charge in [0.2, 0.25) is 0 Å². The molecule has 0 bridgehead atoms.